The summed E-state index contributed by atoms with van der Waals surface area (Å²) in [6.45, 7) is 0. The Kier molecular flexibility index (Phi) is 128. The number of rotatable bonds is 4. The van der Waals surface area contributed by atoms with E-state index in [0.29, 0.717) is 0 Å². The standard InChI is InChI=1S/2C3H7NO2S.2Na.5H2O.Zn/c2*4-2(1-7)3(5)6;;;;;;;;/h2*2,7H,1,4H2,(H,5,6);;;5*1H2;/q;;2*+1;;;;;;+2/p-4. The molecule has 0 saturated heterocycles. The van der Waals surface area contributed by atoms with Gasteiger partial charge in [0.05, 0.1) is 11.9 Å². The summed E-state index contributed by atoms with van der Waals surface area (Å²) in [5.74, 6) is -2.53. The molecule has 0 fully saturated rings. The zero-order valence-electron chi connectivity index (χ0n) is 12.4. The Hall–Kier alpha value is 1.98. The second kappa shape index (κ2) is 43.5. The number of nitrogens with two attached hydrogens (primary N) is 2. The summed E-state index contributed by atoms with van der Waals surface area (Å²) in [6.07, 6.45) is 0. The van der Waals surface area contributed by atoms with Crippen LogP contribution in [0, 0.1) is 0 Å². The molecule has 0 aromatic heterocycles. The van der Waals surface area contributed by atoms with Crippen molar-refractivity contribution in [2.75, 3.05) is 11.5 Å². The summed E-state index contributed by atoms with van der Waals surface area (Å²) in [7, 11) is 0. The summed E-state index contributed by atoms with van der Waals surface area (Å²) in [4.78, 5) is 19.3. The van der Waals surface area contributed by atoms with Crippen LogP contribution in [0.2, 0.25) is 0 Å². The van der Waals surface area contributed by atoms with Crippen molar-refractivity contribution in [2.45, 2.75) is 12.1 Å². The normalized spacial score (nSPS) is 8.55. The minimum Gasteiger partial charge on any atom is -0.791 e. The summed E-state index contributed by atoms with van der Waals surface area (Å²) in [5.41, 5.74) is 9.70. The first-order chi connectivity index (χ1) is 6.36. The number of aliphatic carboxylic acids is 2. The van der Waals surface area contributed by atoms with Gasteiger partial charge in [0.25, 0.3) is 0 Å². The minimum absolute atomic E-state index is 0. The van der Waals surface area contributed by atoms with Crippen LogP contribution < -0.4 is 80.8 Å². The SMILES string of the molecule is NC(C[S-])C(=O)[O-].NC(C[S-])C(=O)[O-].O.O.O.O.O.[Na+].[Na+].[Zn+2]. The molecular weight excluding hydrogens is 420 g/mol. The van der Waals surface area contributed by atoms with E-state index in [4.69, 9.17) is 11.5 Å². The van der Waals surface area contributed by atoms with Crippen molar-refractivity contribution >= 4 is 37.2 Å². The number of carbonyl (C=O) groups is 2. The summed E-state index contributed by atoms with van der Waals surface area (Å²) in [5, 5.41) is 19.3. The van der Waals surface area contributed by atoms with Crippen molar-refractivity contribution in [3.05, 3.63) is 0 Å². The van der Waals surface area contributed by atoms with Gasteiger partial charge in [0.15, 0.2) is 0 Å². The molecule has 2 unspecified atom stereocenters. The van der Waals surface area contributed by atoms with Crippen LogP contribution in [-0.4, -0.2) is 62.9 Å². The third-order valence-electron chi connectivity index (χ3n) is 0.965. The summed E-state index contributed by atoms with van der Waals surface area (Å²) >= 11 is 8.61. The first-order valence-electron chi connectivity index (χ1n) is 3.45. The smallest absolute Gasteiger partial charge is 0.791 e. The fourth-order valence-corrected chi connectivity index (χ4v) is 0.408. The number of hydrogen-bond donors (Lipinski definition) is 2. The molecule has 0 aromatic carbocycles. The molecule has 22 heavy (non-hydrogen) atoms. The summed E-state index contributed by atoms with van der Waals surface area (Å²) < 4.78 is 0. The van der Waals surface area contributed by atoms with Crippen LogP contribution in [0.3, 0.4) is 0 Å². The largest absolute Gasteiger partial charge is 2.00 e. The molecule has 0 bridgehead atoms. The molecule has 0 radical (unpaired) electrons. The van der Waals surface area contributed by atoms with Gasteiger partial charge in [0.2, 0.25) is 0 Å². The fraction of sp³-hybridized carbons (Fsp3) is 0.667. The van der Waals surface area contributed by atoms with Crippen LogP contribution in [0.15, 0.2) is 0 Å². The van der Waals surface area contributed by atoms with Gasteiger partial charge in [-0.05, 0) is 0 Å². The zero-order valence-corrected chi connectivity index (χ0v) is 21.0. The van der Waals surface area contributed by atoms with E-state index in [1.165, 1.54) is 0 Å². The van der Waals surface area contributed by atoms with Gasteiger partial charge in [-0.1, -0.05) is 0 Å². The zero-order chi connectivity index (χ0) is 11.7. The van der Waals surface area contributed by atoms with Gasteiger partial charge in [-0.15, -0.1) is 0 Å². The Bertz CT molecular complexity index is 193. The van der Waals surface area contributed by atoms with E-state index in [1.54, 1.807) is 0 Å². The van der Waals surface area contributed by atoms with Crippen molar-refractivity contribution in [1.29, 1.82) is 0 Å². The molecule has 16 heteroatoms. The van der Waals surface area contributed by atoms with Gasteiger partial charge in [0, 0.05) is 12.1 Å². The molecule has 0 aliphatic rings. The third-order valence-corrected chi connectivity index (χ3v) is 1.68. The van der Waals surface area contributed by atoms with Crippen LogP contribution in [0.4, 0.5) is 0 Å². The molecular formula is C6H20N2Na2O9S2Zn. The van der Waals surface area contributed by atoms with Gasteiger partial charge >= 0.3 is 78.6 Å². The van der Waals surface area contributed by atoms with Gasteiger partial charge in [-0.3, -0.25) is 0 Å². The Labute approximate surface area is 196 Å². The van der Waals surface area contributed by atoms with E-state index in [0.717, 1.165) is 0 Å². The van der Waals surface area contributed by atoms with Crippen LogP contribution in [0.25, 0.3) is 0 Å². The molecule has 124 valence electrons. The third kappa shape index (κ3) is 49.5. The molecule has 0 saturated carbocycles. The van der Waals surface area contributed by atoms with E-state index >= 15 is 0 Å². The van der Waals surface area contributed by atoms with Gasteiger partial charge in [-0.25, -0.2) is 0 Å². The van der Waals surface area contributed by atoms with E-state index in [-0.39, 0.29) is 117 Å². The van der Waals surface area contributed by atoms with Crippen molar-refractivity contribution in [2.24, 2.45) is 11.5 Å². The minimum atomic E-state index is -1.28. The van der Waals surface area contributed by atoms with E-state index in [1.807, 2.05) is 0 Å². The predicted molar refractivity (Wildman–Crippen MR) is 68.5 cm³/mol. The van der Waals surface area contributed by atoms with Gasteiger partial charge in [0.1, 0.15) is 0 Å². The second-order valence-corrected chi connectivity index (χ2v) is 2.85. The first kappa shape index (κ1) is 64.8. The van der Waals surface area contributed by atoms with Crippen LogP contribution in [0.1, 0.15) is 0 Å². The summed E-state index contributed by atoms with van der Waals surface area (Å²) in [6, 6.07) is -1.95. The Morgan fingerprint density at radius 1 is 0.773 bits per heavy atom. The number of carboxylic acid groups (broad SMARTS) is 2. The van der Waals surface area contributed by atoms with Gasteiger partial charge < -0.3 is 83.9 Å². The van der Waals surface area contributed by atoms with Crippen molar-refractivity contribution in [3.63, 3.8) is 0 Å². The van der Waals surface area contributed by atoms with Crippen LogP contribution in [-0.2, 0) is 54.3 Å². The van der Waals surface area contributed by atoms with Crippen LogP contribution in [0.5, 0.6) is 0 Å². The molecule has 0 aliphatic carbocycles. The molecule has 0 heterocycles. The average molecular weight is 440 g/mol. The Balaban J connectivity index is -0.0000000120. The maximum Gasteiger partial charge on any atom is 2.00 e. The maximum absolute atomic E-state index is 9.63. The van der Waals surface area contributed by atoms with Crippen molar-refractivity contribution < 1.29 is 126 Å². The second-order valence-electron chi connectivity index (χ2n) is 2.18. The fourth-order valence-electron chi connectivity index (χ4n) is 0.136. The Morgan fingerprint density at radius 2 is 0.909 bits per heavy atom. The number of carbonyl (C=O) groups excluding carboxylic acids is 2. The molecule has 2 atom stereocenters. The Morgan fingerprint density at radius 3 is 0.909 bits per heavy atom. The monoisotopic (exact) mass is 438 g/mol. The molecule has 0 amide bonds. The van der Waals surface area contributed by atoms with E-state index in [2.05, 4.69) is 25.3 Å². The first-order valence-corrected chi connectivity index (χ1v) is 4.61. The van der Waals surface area contributed by atoms with Crippen molar-refractivity contribution in [3.8, 4) is 0 Å². The molecule has 0 aromatic rings. The molecule has 0 spiro atoms. The van der Waals surface area contributed by atoms with Gasteiger partial charge in [-0.2, -0.15) is 11.5 Å². The molecule has 14 N–H and O–H groups in total. The molecule has 0 aliphatic heterocycles. The number of hydrogen-bond acceptors (Lipinski definition) is 8. The number of carboxylic acids is 2. The molecule has 0 rings (SSSR count). The van der Waals surface area contributed by atoms with Crippen LogP contribution >= 0.6 is 0 Å². The molecule has 11 nitrogen and oxygen atoms in total. The quantitative estimate of drug-likeness (QED) is 0.312. The predicted octanol–water partition coefficient (Wildman–Crippen LogP) is -14.9. The average Bonchev–Trinajstić information content (AvgIpc) is 2.15. The maximum atomic E-state index is 9.63. The van der Waals surface area contributed by atoms with Crippen molar-refractivity contribution in [1.82, 2.24) is 0 Å². The van der Waals surface area contributed by atoms with E-state index in [9.17, 15) is 19.8 Å². The van der Waals surface area contributed by atoms with E-state index < -0.39 is 24.0 Å². The topological polar surface area (TPSA) is 290 Å².